The zero-order valence-electron chi connectivity index (χ0n) is 17.7. The third-order valence-electron chi connectivity index (χ3n) is 5.88. The van der Waals surface area contributed by atoms with Crippen LogP contribution in [0.4, 0.5) is 10.5 Å². The van der Waals surface area contributed by atoms with Gasteiger partial charge in [-0.3, -0.25) is 4.79 Å². The Bertz CT molecular complexity index is 1350. The van der Waals surface area contributed by atoms with E-state index in [1.54, 1.807) is 6.07 Å². The van der Waals surface area contributed by atoms with Crippen molar-refractivity contribution in [3.63, 3.8) is 0 Å². The van der Waals surface area contributed by atoms with Crippen LogP contribution in [-0.2, 0) is 0 Å². The summed E-state index contributed by atoms with van der Waals surface area (Å²) in [6.07, 6.45) is -1.41. The van der Waals surface area contributed by atoms with Gasteiger partial charge in [0, 0.05) is 43.3 Å². The number of aryl methyl sites for hydroxylation is 2. The maximum atomic E-state index is 13.2. The van der Waals surface area contributed by atoms with Crippen molar-refractivity contribution < 1.29 is 23.8 Å². The largest absolute Gasteiger partial charge is 0.513 e. The predicted molar refractivity (Wildman–Crippen MR) is 119 cm³/mol. The molecule has 0 atom stereocenters. The van der Waals surface area contributed by atoms with E-state index < -0.39 is 6.16 Å². The highest BCUT2D eigenvalue weighted by Crippen LogP contribution is 2.34. The lowest BCUT2D eigenvalue weighted by atomic mass is 10.1. The summed E-state index contributed by atoms with van der Waals surface area (Å²) in [6.45, 7) is 6.40. The molecule has 164 valence electrons. The van der Waals surface area contributed by atoms with Crippen molar-refractivity contribution >= 4 is 39.8 Å². The second kappa shape index (κ2) is 7.60. The molecule has 0 saturated carbocycles. The molecule has 32 heavy (non-hydrogen) atoms. The highest BCUT2D eigenvalue weighted by molar-refractivity contribution is 6.05. The van der Waals surface area contributed by atoms with Crippen molar-refractivity contribution in [2.24, 2.45) is 0 Å². The smallest absolute Gasteiger partial charge is 0.449 e. The van der Waals surface area contributed by atoms with Crippen LogP contribution in [0.15, 0.2) is 40.8 Å². The van der Waals surface area contributed by atoms with Gasteiger partial charge in [0.2, 0.25) is 0 Å². The minimum absolute atomic E-state index is 0.0146. The van der Waals surface area contributed by atoms with Crippen LogP contribution in [0.5, 0.6) is 5.95 Å². The number of ether oxygens (including phenoxy) is 1. The van der Waals surface area contributed by atoms with E-state index in [-0.39, 0.29) is 11.9 Å². The van der Waals surface area contributed by atoms with Crippen molar-refractivity contribution in [1.82, 2.24) is 14.9 Å². The van der Waals surface area contributed by atoms with Gasteiger partial charge in [0.05, 0.1) is 11.1 Å². The van der Waals surface area contributed by atoms with Gasteiger partial charge in [-0.15, -0.1) is 0 Å². The Hall–Kier alpha value is -4.01. The number of aromatic nitrogens is 2. The zero-order valence-corrected chi connectivity index (χ0v) is 17.7. The topological polar surface area (TPSA) is 112 Å². The molecule has 2 aromatic heterocycles. The summed E-state index contributed by atoms with van der Waals surface area (Å²) in [5.74, 6) is 0.720. The van der Waals surface area contributed by atoms with Crippen LogP contribution < -0.4 is 9.64 Å². The number of H-pyrrole nitrogens is 1. The van der Waals surface area contributed by atoms with Crippen molar-refractivity contribution in [3.8, 4) is 5.95 Å². The summed E-state index contributed by atoms with van der Waals surface area (Å²) in [4.78, 5) is 35.7. The third-order valence-corrected chi connectivity index (χ3v) is 5.88. The number of piperazine rings is 1. The van der Waals surface area contributed by atoms with E-state index in [9.17, 15) is 9.59 Å². The number of rotatable bonds is 3. The normalized spacial score (nSPS) is 14.3. The van der Waals surface area contributed by atoms with Gasteiger partial charge in [0.1, 0.15) is 16.9 Å². The van der Waals surface area contributed by atoms with E-state index in [1.807, 2.05) is 49.1 Å². The van der Waals surface area contributed by atoms with Crippen LogP contribution in [0, 0.1) is 13.8 Å². The van der Waals surface area contributed by atoms with Gasteiger partial charge < -0.3 is 29.0 Å². The molecule has 1 fully saturated rings. The van der Waals surface area contributed by atoms with E-state index in [0.717, 1.165) is 28.0 Å². The zero-order chi connectivity index (χ0) is 22.4. The number of nitrogens with one attached hydrogen (secondary N) is 1. The van der Waals surface area contributed by atoms with Crippen molar-refractivity contribution in [1.29, 1.82) is 0 Å². The fraction of sp³-hybridized carbons (Fsp3) is 0.261. The third kappa shape index (κ3) is 3.41. The van der Waals surface area contributed by atoms with E-state index in [4.69, 9.17) is 9.52 Å². The minimum Gasteiger partial charge on any atom is -0.449 e. The van der Waals surface area contributed by atoms with Crippen molar-refractivity contribution in [3.05, 3.63) is 53.3 Å². The van der Waals surface area contributed by atoms with Gasteiger partial charge in [-0.1, -0.05) is 6.07 Å². The molecule has 0 unspecified atom stereocenters. The van der Waals surface area contributed by atoms with Crippen LogP contribution in [0.3, 0.4) is 0 Å². The number of carbonyl (C=O) groups excluding carboxylic acids is 1. The Morgan fingerprint density at radius 2 is 1.91 bits per heavy atom. The highest BCUT2D eigenvalue weighted by atomic mass is 16.7. The number of hydrogen-bond acceptors (Lipinski definition) is 6. The molecule has 3 heterocycles. The summed E-state index contributed by atoms with van der Waals surface area (Å²) in [5.41, 5.74) is 4.75. The molecule has 4 aromatic rings. The van der Waals surface area contributed by atoms with E-state index in [0.29, 0.717) is 42.8 Å². The molecule has 5 rings (SSSR count). The van der Waals surface area contributed by atoms with Crippen LogP contribution in [0.2, 0.25) is 0 Å². The average Bonchev–Trinajstić information content (AvgIpc) is 3.35. The lowest BCUT2D eigenvalue weighted by Gasteiger charge is -2.37. The van der Waals surface area contributed by atoms with Crippen molar-refractivity contribution in [2.75, 3.05) is 31.1 Å². The molecule has 1 aliphatic heterocycles. The quantitative estimate of drug-likeness (QED) is 0.470. The lowest BCUT2D eigenvalue weighted by molar-refractivity contribution is 0.0748. The van der Waals surface area contributed by atoms with Gasteiger partial charge >= 0.3 is 6.16 Å². The van der Waals surface area contributed by atoms with Gasteiger partial charge in [0.25, 0.3) is 11.9 Å². The van der Waals surface area contributed by atoms with Crippen LogP contribution in [0.1, 0.15) is 21.7 Å². The maximum absolute atomic E-state index is 13.2. The number of imidazole rings is 1. The summed E-state index contributed by atoms with van der Waals surface area (Å²) in [5, 5.41) is 9.61. The minimum atomic E-state index is -1.41. The Morgan fingerprint density at radius 1 is 1.12 bits per heavy atom. The monoisotopic (exact) mass is 434 g/mol. The molecule has 1 saturated heterocycles. The van der Waals surface area contributed by atoms with Gasteiger partial charge in [-0.2, -0.15) is 0 Å². The second-order valence-electron chi connectivity index (χ2n) is 7.86. The summed E-state index contributed by atoms with van der Waals surface area (Å²) in [6, 6.07) is 11.0. The lowest BCUT2D eigenvalue weighted by Crippen LogP contribution is -2.49. The summed E-state index contributed by atoms with van der Waals surface area (Å²) in [7, 11) is 0. The standard InChI is InChI=1S/C23H22N4O5/c1-13-16-12-20(32-23(29)30)31-19(16)7-6-18(13)26-8-10-27(11-9-26)22(28)15-4-3-5-17-21(15)25-14(2)24-17/h3-7,12H,8-11H2,1-2H3,(H,24,25)(H,29,30). The fourth-order valence-electron chi connectivity index (χ4n) is 4.34. The second-order valence-corrected chi connectivity index (χ2v) is 7.86. The number of aromatic amines is 1. The molecule has 1 aliphatic rings. The number of carbonyl (C=O) groups is 2. The molecule has 2 N–H and O–H groups in total. The number of amides is 1. The van der Waals surface area contributed by atoms with Crippen LogP contribution >= 0.6 is 0 Å². The Labute approximate surface area is 183 Å². The Morgan fingerprint density at radius 3 is 2.66 bits per heavy atom. The average molecular weight is 434 g/mol. The Kier molecular flexibility index (Phi) is 4.73. The molecular formula is C23H22N4O5. The van der Waals surface area contributed by atoms with Crippen molar-refractivity contribution in [2.45, 2.75) is 13.8 Å². The van der Waals surface area contributed by atoms with E-state index in [1.165, 1.54) is 0 Å². The molecule has 0 radical (unpaired) electrons. The van der Waals surface area contributed by atoms with Gasteiger partial charge in [-0.05, 0) is 43.7 Å². The Balaban J connectivity index is 1.34. The van der Waals surface area contributed by atoms with Gasteiger partial charge in [-0.25, -0.2) is 9.78 Å². The number of para-hydroxylation sites is 1. The highest BCUT2D eigenvalue weighted by Gasteiger charge is 2.25. The molecule has 0 bridgehead atoms. The van der Waals surface area contributed by atoms with Gasteiger partial charge in [0.15, 0.2) is 0 Å². The first kappa shape index (κ1) is 19.9. The van der Waals surface area contributed by atoms with Crippen LogP contribution in [0.25, 0.3) is 22.0 Å². The first-order valence-corrected chi connectivity index (χ1v) is 10.3. The number of nitrogens with zero attached hydrogens (tertiary/aromatic N) is 3. The molecule has 9 heteroatoms. The number of benzene rings is 2. The number of anilines is 1. The first-order valence-electron chi connectivity index (χ1n) is 10.3. The molecule has 0 spiro atoms. The molecule has 1 amide bonds. The van der Waals surface area contributed by atoms with Crippen LogP contribution in [-0.4, -0.2) is 58.2 Å². The first-order chi connectivity index (χ1) is 15.4. The molecule has 2 aromatic carbocycles. The predicted octanol–water partition coefficient (Wildman–Crippen LogP) is 3.95. The summed E-state index contributed by atoms with van der Waals surface area (Å²) >= 11 is 0. The number of fused-ring (bicyclic) bond motifs is 2. The molecule has 9 nitrogen and oxygen atoms in total. The summed E-state index contributed by atoms with van der Waals surface area (Å²) < 4.78 is 10.1. The van der Waals surface area contributed by atoms with E-state index in [2.05, 4.69) is 19.6 Å². The SMILES string of the molecule is Cc1nc2c(C(=O)N3CCN(c4ccc5oc(OC(=O)O)cc5c4C)CC3)cccc2[nH]1. The fourth-order valence-corrected chi connectivity index (χ4v) is 4.34. The molecular weight excluding hydrogens is 412 g/mol. The maximum Gasteiger partial charge on any atom is 0.513 e. The number of hydrogen-bond donors (Lipinski definition) is 2. The number of furan rings is 1. The van der Waals surface area contributed by atoms with E-state index >= 15 is 0 Å². The number of carboxylic acid groups (broad SMARTS) is 1. The molecule has 0 aliphatic carbocycles.